The number of nitrogens with one attached hydrogen (secondary N) is 1. The summed E-state index contributed by atoms with van der Waals surface area (Å²) >= 11 is 0. The predicted molar refractivity (Wildman–Crippen MR) is 46.3 cm³/mol. The number of carbonyl (C=O) groups excluding carboxylic acids is 2. The van der Waals surface area contributed by atoms with Gasteiger partial charge in [0.25, 0.3) is 0 Å². The smallest absolute Gasteiger partial charge is 0.307 e. The Hall–Kier alpha value is -1.14. The molecule has 1 rings (SSSR count). The van der Waals surface area contributed by atoms with Crippen molar-refractivity contribution in [1.29, 1.82) is 0 Å². The van der Waals surface area contributed by atoms with Crippen molar-refractivity contribution in [3.8, 4) is 0 Å². The molecule has 1 saturated heterocycles. The molecule has 1 aliphatic heterocycles. The van der Waals surface area contributed by atoms with Gasteiger partial charge < -0.3 is 5.32 Å². The van der Waals surface area contributed by atoms with Crippen molar-refractivity contribution >= 4 is 11.9 Å². The van der Waals surface area contributed by atoms with Gasteiger partial charge in [-0.3, -0.25) is 21.2 Å². The second-order valence-corrected chi connectivity index (χ2v) is 3.19. The van der Waals surface area contributed by atoms with Gasteiger partial charge in [0.2, 0.25) is 5.91 Å². The van der Waals surface area contributed by atoms with Crippen molar-refractivity contribution in [1.82, 2.24) is 10.2 Å². The Morgan fingerprint density at radius 3 is 2.62 bits per heavy atom. The number of nitrogens with zero attached hydrogens (tertiary/aromatic N) is 1. The summed E-state index contributed by atoms with van der Waals surface area (Å²) in [5.74, 6) is -1.71. The lowest BCUT2D eigenvalue weighted by molar-refractivity contribution is -0.131. The number of carbonyl (C=O) groups is 2. The molecule has 0 saturated carbocycles. The lowest BCUT2D eigenvalue weighted by atomic mass is 10.2. The zero-order chi connectivity index (χ0) is 10.1. The van der Waals surface area contributed by atoms with Crippen LogP contribution in [0.1, 0.15) is 19.8 Å². The molecule has 6 nitrogen and oxygen atoms in total. The van der Waals surface area contributed by atoms with Gasteiger partial charge in [-0.15, -0.1) is 0 Å². The van der Waals surface area contributed by atoms with E-state index in [9.17, 15) is 9.59 Å². The Labute approximate surface area is 76.2 Å². The van der Waals surface area contributed by atoms with Gasteiger partial charge in [0.15, 0.2) is 5.79 Å². The van der Waals surface area contributed by atoms with Crippen molar-refractivity contribution in [2.45, 2.75) is 25.6 Å². The summed E-state index contributed by atoms with van der Waals surface area (Å²) in [4.78, 5) is 23.7. The van der Waals surface area contributed by atoms with E-state index in [1.54, 1.807) is 0 Å². The predicted octanol–water partition coefficient (Wildman–Crippen LogP) is -1.09. The van der Waals surface area contributed by atoms with Crippen LogP contribution in [0.3, 0.4) is 0 Å². The Bertz CT molecular complexity index is 219. The summed E-state index contributed by atoms with van der Waals surface area (Å²) in [6.07, 6.45) is 0.667. The Morgan fingerprint density at radius 2 is 2.15 bits per heavy atom. The van der Waals surface area contributed by atoms with Gasteiger partial charge in [0.1, 0.15) is 0 Å². The van der Waals surface area contributed by atoms with Crippen LogP contribution in [0.15, 0.2) is 0 Å². The number of hydrogen-bond acceptors (Lipinski definition) is 4. The molecule has 74 valence electrons. The molecule has 0 aromatic rings. The number of amides is 3. The largest absolute Gasteiger partial charge is 0.326 e. The van der Waals surface area contributed by atoms with E-state index in [-0.39, 0.29) is 12.3 Å². The van der Waals surface area contributed by atoms with E-state index in [4.69, 9.17) is 11.5 Å². The summed E-state index contributed by atoms with van der Waals surface area (Å²) in [6, 6.07) is -0.511. The third kappa shape index (κ3) is 2.16. The molecule has 0 unspecified atom stereocenters. The molecule has 13 heavy (non-hydrogen) atoms. The minimum atomic E-state index is -1.39. The topological polar surface area (TPSA) is 101 Å². The van der Waals surface area contributed by atoms with E-state index in [1.807, 2.05) is 6.92 Å². The van der Waals surface area contributed by atoms with E-state index < -0.39 is 11.8 Å². The zero-order valence-electron chi connectivity index (χ0n) is 7.54. The molecule has 0 atom stereocenters. The fourth-order valence-corrected chi connectivity index (χ4v) is 1.22. The summed E-state index contributed by atoms with van der Waals surface area (Å²) < 4.78 is 0. The highest BCUT2D eigenvalue weighted by Crippen LogP contribution is 2.08. The van der Waals surface area contributed by atoms with Crippen LogP contribution in [-0.4, -0.2) is 29.2 Å². The van der Waals surface area contributed by atoms with Gasteiger partial charge in [0.05, 0.1) is 6.42 Å². The molecule has 0 aliphatic carbocycles. The third-order valence-corrected chi connectivity index (χ3v) is 1.78. The molecule has 1 aliphatic rings. The SMILES string of the molecule is CCCN1C(=O)CC(N)(N)NC1=O. The van der Waals surface area contributed by atoms with Crippen LogP contribution < -0.4 is 16.8 Å². The van der Waals surface area contributed by atoms with Crippen LogP contribution in [0.25, 0.3) is 0 Å². The molecule has 5 N–H and O–H groups in total. The minimum Gasteiger partial charge on any atom is -0.307 e. The van der Waals surface area contributed by atoms with Crippen LogP contribution in [0, 0.1) is 0 Å². The van der Waals surface area contributed by atoms with Crippen molar-refractivity contribution in [2.75, 3.05) is 6.54 Å². The number of nitrogens with two attached hydrogens (primary N) is 2. The molecule has 0 radical (unpaired) electrons. The number of hydrogen-bond donors (Lipinski definition) is 3. The fraction of sp³-hybridized carbons (Fsp3) is 0.714. The fourth-order valence-electron chi connectivity index (χ4n) is 1.22. The average molecular weight is 186 g/mol. The first kappa shape index (κ1) is 9.94. The normalized spacial score (nSPS) is 21.6. The Kier molecular flexibility index (Phi) is 2.53. The van der Waals surface area contributed by atoms with Gasteiger partial charge in [-0.1, -0.05) is 6.92 Å². The van der Waals surface area contributed by atoms with E-state index in [1.165, 1.54) is 0 Å². The highest BCUT2D eigenvalue weighted by Gasteiger charge is 2.37. The first-order valence-electron chi connectivity index (χ1n) is 4.16. The first-order chi connectivity index (χ1) is 5.96. The first-order valence-corrected chi connectivity index (χ1v) is 4.16. The van der Waals surface area contributed by atoms with Crippen LogP contribution in [0.2, 0.25) is 0 Å². The second kappa shape index (κ2) is 3.31. The quantitative estimate of drug-likeness (QED) is 0.477. The summed E-state index contributed by atoms with van der Waals surface area (Å²) in [6.45, 7) is 2.29. The number of rotatable bonds is 2. The summed E-state index contributed by atoms with van der Waals surface area (Å²) in [5.41, 5.74) is 10.8. The molecule has 0 bridgehead atoms. The zero-order valence-corrected chi connectivity index (χ0v) is 7.54. The lowest BCUT2D eigenvalue weighted by Gasteiger charge is -2.35. The summed E-state index contributed by atoms with van der Waals surface area (Å²) in [7, 11) is 0. The van der Waals surface area contributed by atoms with Crippen molar-refractivity contribution in [2.24, 2.45) is 11.5 Å². The maximum Gasteiger partial charge on any atom is 0.326 e. The van der Waals surface area contributed by atoms with Crippen molar-refractivity contribution in [3.05, 3.63) is 0 Å². The highest BCUT2D eigenvalue weighted by atomic mass is 16.2. The summed E-state index contributed by atoms with van der Waals surface area (Å²) in [5, 5.41) is 2.34. The van der Waals surface area contributed by atoms with Crippen LogP contribution in [0.4, 0.5) is 4.79 Å². The van der Waals surface area contributed by atoms with E-state index in [0.717, 1.165) is 11.3 Å². The number of imide groups is 1. The molecule has 0 aromatic carbocycles. The maximum absolute atomic E-state index is 11.3. The van der Waals surface area contributed by atoms with Gasteiger partial charge in [-0.05, 0) is 6.42 Å². The highest BCUT2D eigenvalue weighted by molar-refractivity contribution is 5.97. The van der Waals surface area contributed by atoms with Gasteiger partial charge in [-0.2, -0.15) is 0 Å². The van der Waals surface area contributed by atoms with Gasteiger partial charge >= 0.3 is 6.03 Å². The Morgan fingerprint density at radius 1 is 1.54 bits per heavy atom. The molecular formula is C7H14N4O2. The molecule has 0 spiro atoms. The van der Waals surface area contributed by atoms with E-state index in [2.05, 4.69) is 5.32 Å². The van der Waals surface area contributed by atoms with Crippen LogP contribution >= 0.6 is 0 Å². The monoisotopic (exact) mass is 186 g/mol. The third-order valence-electron chi connectivity index (χ3n) is 1.78. The second-order valence-electron chi connectivity index (χ2n) is 3.19. The van der Waals surface area contributed by atoms with E-state index >= 15 is 0 Å². The molecule has 0 aromatic heterocycles. The van der Waals surface area contributed by atoms with E-state index in [0.29, 0.717) is 6.54 Å². The molecular weight excluding hydrogens is 172 g/mol. The molecule has 3 amide bonds. The van der Waals surface area contributed by atoms with Crippen molar-refractivity contribution in [3.63, 3.8) is 0 Å². The van der Waals surface area contributed by atoms with Crippen LogP contribution in [-0.2, 0) is 4.79 Å². The van der Waals surface area contributed by atoms with Crippen LogP contribution in [0.5, 0.6) is 0 Å². The van der Waals surface area contributed by atoms with Crippen molar-refractivity contribution < 1.29 is 9.59 Å². The lowest BCUT2D eigenvalue weighted by Crippen LogP contribution is -2.71. The van der Waals surface area contributed by atoms with Gasteiger partial charge in [-0.25, -0.2) is 4.79 Å². The standard InChI is InChI=1S/C7H14N4O2/c1-2-3-11-5(12)4-7(8,9)10-6(11)13/h2-4,8-9H2,1H3,(H,10,13). The number of urea groups is 1. The average Bonchev–Trinajstić information content (AvgIpc) is 1.94. The van der Waals surface area contributed by atoms with Gasteiger partial charge in [0, 0.05) is 6.54 Å². The minimum absolute atomic E-state index is 0.0568. The molecule has 1 heterocycles. The molecule has 1 fully saturated rings. The maximum atomic E-state index is 11.3. The molecule has 6 heteroatoms. The Balaban J connectivity index is 2.71.